The molecule has 0 saturated heterocycles. The summed E-state index contributed by atoms with van der Waals surface area (Å²) in [4.78, 5) is 0. The second kappa shape index (κ2) is 3.22. The highest BCUT2D eigenvalue weighted by Crippen LogP contribution is 2.10. The van der Waals surface area contributed by atoms with E-state index in [0.29, 0.717) is 0 Å². The van der Waals surface area contributed by atoms with Crippen LogP contribution in [0.3, 0.4) is 0 Å². The maximum absolute atomic E-state index is 5.77. The minimum absolute atomic E-state index is 0.0650. The zero-order valence-electron chi connectivity index (χ0n) is 7.89. The van der Waals surface area contributed by atoms with Gasteiger partial charge in [-0.3, -0.25) is 0 Å². The molecule has 0 aromatic heterocycles. The molecule has 0 saturated carbocycles. The molecular formula is C10H14BN. The minimum Gasteiger partial charge on any atom is -0.381 e. The van der Waals surface area contributed by atoms with Gasteiger partial charge in [-0.05, 0) is 26.8 Å². The third-order valence-corrected chi connectivity index (χ3v) is 1.47. The van der Waals surface area contributed by atoms with E-state index in [2.05, 4.69) is 26.1 Å². The normalized spacial score (nSPS) is 11.2. The van der Waals surface area contributed by atoms with E-state index in [9.17, 15) is 0 Å². The van der Waals surface area contributed by atoms with Gasteiger partial charge in [0.2, 0.25) is 0 Å². The van der Waals surface area contributed by atoms with E-state index in [1.807, 2.05) is 24.3 Å². The lowest BCUT2D eigenvalue weighted by atomic mass is 9.93. The second-order valence-electron chi connectivity index (χ2n) is 3.96. The fourth-order valence-electron chi connectivity index (χ4n) is 1.01. The zero-order valence-corrected chi connectivity index (χ0v) is 7.89. The van der Waals surface area contributed by atoms with E-state index in [4.69, 9.17) is 7.85 Å². The number of hydrogen-bond donors (Lipinski definition) is 1. The maximum atomic E-state index is 5.77. The van der Waals surface area contributed by atoms with Crippen LogP contribution in [-0.2, 0) is 0 Å². The molecule has 0 spiro atoms. The van der Waals surface area contributed by atoms with Crippen LogP contribution in [0.1, 0.15) is 20.8 Å². The van der Waals surface area contributed by atoms with Gasteiger partial charge in [-0.25, -0.2) is 0 Å². The van der Waals surface area contributed by atoms with Crippen LogP contribution >= 0.6 is 0 Å². The van der Waals surface area contributed by atoms with E-state index in [-0.39, 0.29) is 5.54 Å². The van der Waals surface area contributed by atoms with Crippen LogP contribution < -0.4 is 10.8 Å². The Labute approximate surface area is 75.6 Å². The smallest absolute Gasteiger partial charge is 0.116 e. The summed E-state index contributed by atoms with van der Waals surface area (Å²) < 4.78 is 0. The van der Waals surface area contributed by atoms with Crippen LogP contribution in [0, 0.1) is 0 Å². The van der Waals surface area contributed by atoms with Crippen molar-refractivity contribution < 1.29 is 0 Å². The van der Waals surface area contributed by atoms with Crippen molar-refractivity contribution in [1.29, 1.82) is 0 Å². The Morgan fingerprint density at radius 1 is 1.17 bits per heavy atom. The molecule has 0 aliphatic heterocycles. The van der Waals surface area contributed by atoms with Crippen molar-refractivity contribution in [2.75, 3.05) is 5.32 Å². The molecule has 0 aliphatic rings. The molecule has 2 heteroatoms. The van der Waals surface area contributed by atoms with Gasteiger partial charge in [-0.1, -0.05) is 23.7 Å². The first kappa shape index (κ1) is 9.18. The van der Waals surface area contributed by atoms with Gasteiger partial charge in [-0.2, -0.15) is 0 Å². The van der Waals surface area contributed by atoms with E-state index in [1.165, 1.54) is 0 Å². The molecule has 0 bridgehead atoms. The van der Waals surface area contributed by atoms with Gasteiger partial charge in [0, 0.05) is 11.2 Å². The summed E-state index contributed by atoms with van der Waals surface area (Å²) >= 11 is 0. The Balaban J connectivity index is 2.83. The van der Waals surface area contributed by atoms with Crippen LogP contribution in [0.4, 0.5) is 5.69 Å². The van der Waals surface area contributed by atoms with Gasteiger partial charge in [0.1, 0.15) is 7.85 Å². The summed E-state index contributed by atoms with van der Waals surface area (Å²) in [6, 6.07) is 7.79. The second-order valence-corrected chi connectivity index (χ2v) is 3.96. The molecule has 1 aromatic carbocycles. The first-order chi connectivity index (χ1) is 5.49. The number of anilines is 1. The Morgan fingerprint density at radius 3 is 2.25 bits per heavy atom. The van der Waals surface area contributed by atoms with Crippen LogP contribution in [0.15, 0.2) is 24.3 Å². The largest absolute Gasteiger partial charge is 0.381 e. The monoisotopic (exact) mass is 159 g/mol. The lowest BCUT2D eigenvalue weighted by Gasteiger charge is -2.23. The molecule has 1 rings (SSSR count). The predicted octanol–water partition coefficient (Wildman–Crippen LogP) is 1.69. The summed E-state index contributed by atoms with van der Waals surface area (Å²) in [5, 5.41) is 3.32. The molecule has 1 N–H and O–H groups in total. The molecule has 0 fully saturated rings. The third kappa shape index (κ3) is 2.61. The highest BCUT2D eigenvalue weighted by molar-refractivity contribution is 6.35. The molecule has 62 valence electrons. The van der Waals surface area contributed by atoms with E-state index in [1.54, 1.807) is 0 Å². The fraction of sp³-hybridized carbons (Fsp3) is 0.400. The summed E-state index contributed by atoms with van der Waals surface area (Å²) in [7, 11) is 5.77. The molecule has 1 aromatic rings. The first-order valence-corrected chi connectivity index (χ1v) is 4.12. The molecule has 0 heterocycles. The minimum atomic E-state index is 0.0650. The molecule has 12 heavy (non-hydrogen) atoms. The topological polar surface area (TPSA) is 12.0 Å². The molecule has 0 amide bonds. The zero-order chi connectivity index (χ0) is 9.19. The lowest BCUT2D eigenvalue weighted by molar-refractivity contribution is 0.635. The van der Waals surface area contributed by atoms with Gasteiger partial charge < -0.3 is 5.32 Å². The molecule has 0 aliphatic carbocycles. The Bertz CT molecular complexity index is 263. The van der Waals surface area contributed by atoms with Crippen molar-refractivity contribution in [1.82, 2.24) is 0 Å². The van der Waals surface area contributed by atoms with Crippen molar-refractivity contribution in [3.63, 3.8) is 0 Å². The van der Waals surface area contributed by atoms with E-state index in [0.717, 1.165) is 11.2 Å². The van der Waals surface area contributed by atoms with Gasteiger partial charge in [0.15, 0.2) is 0 Å². The average molecular weight is 159 g/mol. The van der Waals surface area contributed by atoms with Gasteiger partial charge in [0.25, 0.3) is 0 Å². The molecule has 0 atom stereocenters. The van der Waals surface area contributed by atoms with E-state index < -0.39 is 0 Å². The van der Waals surface area contributed by atoms with Crippen molar-refractivity contribution in [3.05, 3.63) is 24.3 Å². The number of nitrogens with one attached hydrogen (secondary N) is 1. The Kier molecular flexibility index (Phi) is 2.46. The van der Waals surface area contributed by atoms with Crippen LogP contribution in [0.2, 0.25) is 0 Å². The van der Waals surface area contributed by atoms with Crippen molar-refractivity contribution in [3.8, 4) is 0 Å². The highest BCUT2D eigenvalue weighted by Gasteiger charge is 2.09. The van der Waals surface area contributed by atoms with Crippen molar-refractivity contribution >= 4 is 19.0 Å². The summed E-state index contributed by atoms with van der Waals surface area (Å²) in [6.07, 6.45) is 0. The average Bonchev–Trinajstić information content (AvgIpc) is 1.91. The van der Waals surface area contributed by atoms with Crippen LogP contribution in [-0.4, -0.2) is 13.4 Å². The summed E-state index contributed by atoms with van der Waals surface area (Å²) in [5.74, 6) is 0. The number of rotatable bonds is 1. The van der Waals surface area contributed by atoms with Crippen LogP contribution in [0.25, 0.3) is 0 Å². The molecular weight excluding hydrogens is 145 g/mol. The summed E-state index contributed by atoms with van der Waals surface area (Å²) in [5.41, 5.74) is 1.87. The number of benzene rings is 1. The fourth-order valence-corrected chi connectivity index (χ4v) is 1.01. The quantitative estimate of drug-likeness (QED) is 0.614. The molecule has 1 nitrogen and oxygen atoms in total. The molecule has 2 radical (unpaired) electrons. The van der Waals surface area contributed by atoms with E-state index >= 15 is 0 Å². The first-order valence-electron chi connectivity index (χ1n) is 4.12. The Hall–Kier alpha value is -0.915. The molecule has 0 unspecified atom stereocenters. The maximum Gasteiger partial charge on any atom is 0.116 e. The number of para-hydroxylation sites is 1. The third-order valence-electron chi connectivity index (χ3n) is 1.47. The van der Waals surface area contributed by atoms with Crippen molar-refractivity contribution in [2.45, 2.75) is 26.3 Å². The van der Waals surface area contributed by atoms with Crippen molar-refractivity contribution in [2.24, 2.45) is 0 Å². The SMILES string of the molecule is [B]c1ccccc1NC(C)(C)C. The Morgan fingerprint density at radius 2 is 1.75 bits per heavy atom. The summed E-state index contributed by atoms with van der Waals surface area (Å²) in [6.45, 7) is 6.33. The van der Waals surface area contributed by atoms with Gasteiger partial charge in [-0.15, -0.1) is 0 Å². The standard InChI is InChI=1S/C10H14BN/c1-10(2,3)12-9-7-5-4-6-8(9)11/h4-7,12H,1-3H3. The predicted molar refractivity (Wildman–Crippen MR) is 55.2 cm³/mol. The highest BCUT2D eigenvalue weighted by atomic mass is 14.9. The number of hydrogen-bond acceptors (Lipinski definition) is 1. The van der Waals surface area contributed by atoms with Crippen LogP contribution in [0.5, 0.6) is 0 Å². The van der Waals surface area contributed by atoms with Gasteiger partial charge in [0.05, 0.1) is 0 Å². The lowest BCUT2D eigenvalue weighted by Crippen LogP contribution is -2.29. The van der Waals surface area contributed by atoms with Gasteiger partial charge >= 0.3 is 0 Å².